The zero-order chi connectivity index (χ0) is 13.1. The lowest BCUT2D eigenvalue weighted by Gasteiger charge is -2.26. The third-order valence-electron chi connectivity index (χ3n) is 3.21. The first-order valence-electron chi connectivity index (χ1n) is 6.04. The van der Waals surface area contributed by atoms with Crippen LogP contribution in [0.15, 0.2) is 18.3 Å². The van der Waals surface area contributed by atoms with Gasteiger partial charge in [-0.1, -0.05) is 6.07 Å². The van der Waals surface area contributed by atoms with Crippen LogP contribution in [0.25, 0.3) is 0 Å². The predicted molar refractivity (Wildman–Crippen MR) is 66.6 cm³/mol. The highest BCUT2D eigenvalue weighted by Gasteiger charge is 2.26. The first kappa shape index (κ1) is 12.5. The summed E-state index contributed by atoms with van der Waals surface area (Å²) < 4.78 is 0. The number of amides is 2. The molecular weight excluding hydrogens is 230 g/mol. The molecule has 5 nitrogen and oxygen atoms in total. The Morgan fingerprint density at radius 1 is 1.50 bits per heavy atom. The van der Waals surface area contributed by atoms with E-state index in [0.717, 1.165) is 11.3 Å². The summed E-state index contributed by atoms with van der Waals surface area (Å²) in [6, 6.07) is 3.75. The molecule has 1 aliphatic rings. The van der Waals surface area contributed by atoms with Gasteiger partial charge in [-0.15, -0.1) is 0 Å². The van der Waals surface area contributed by atoms with Crippen molar-refractivity contribution in [1.82, 2.24) is 15.2 Å². The number of nitrogens with zero attached hydrogens (tertiary/aromatic N) is 2. The third kappa shape index (κ3) is 2.67. The summed E-state index contributed by atoms with van der Waals surface area (Å²) in [6.45, 7) is 4.40. The smallest absolute Gasteiger partial charge is 0.242 e. The number of rotatable bonds is 2. The molecule has 0 bridgehead atoms. The van der Waals surface area contributed by atoms with E-state index < -0.39 is 0 Å². The van der Waals surface area contributed by atoms with Crippen molar-refractivity contribution in [2.45, 2.75) is 32.9 Å². The van der Waals surface area contributed by atoms with E-state index in [-0.39, 0.29) is 24.4 Å². The van der Waals surface area contributed by atoms with Gasteiger partial charge in [0.05, 0.1) is 18.8 Å². The highest BCUT2D eigenvalue weighted by Crippen LogP contribution is 2.14. The Hall–Kier alpha value is -1.91. The van der Waals surface area contributed by atoms with E-state index in [2.05, 4.69) is 10.3 Å². The number of hydrogen-bond donors (Lipinski definition) is 1. The minimum absolute atomic E-state index is 0.0570. The van der Waals surface area contributed by atoms with Crippen LogP contribution in [0.1, 0.15) is 24.6 Å². The van der Waals surface area contributed by atoms with Crippen molar-refractivity contribution in [3.63, 3.8) is 0 Å². The van der Waals surface area contributed by atoms with Gasteiger partial charge in [0, 0.05) is 18.7 Å². The van der Waals surface area contributed by atoms with Gasteiger partial charge in [-0.3, -0.25) is 14.6 Å². The minimum Gasteiger partial charge on any atom is -0.347 e. The van der Waals surface area contributed by atoms with Crippen LogP contribution in [-0.2, 0) is 16.1 Å². The predicted octanol–water partition coefficient (Wildman–Crippen LogP) is 0.627. The number of carbonyl (C=O) groups is 2. The van der Waals surface area contributed by atoms with Crippen molar-refractivity contribution in [3.05, 3.63) is 29.6 Å². The minimum atomic E-state index is -0.0959. The van der Waals surface area contributed by atoms with E-state index in [1.807, 2.05) is 26.0 Å². The summed E-state index contributed by atoms with van der Waals surface area (Å²) in [5.74, 6) is -0.130. The molecule has 0 radical (unpaired) electrons. The van der Waals surface area contributed by atoms with Crippen LogP contribution in [-0.4, -0.2) is 34.3 Å². The first-order chi connectivity index (χ1) is 8.58. The lowest BCUT2D eigenvalue weighted by molar-refractivity contribution is -0.132. The normalized spacial score (nSPS) is 20.6. The summed E-state index contributed by atoms with van der Waals surface area (Å²) in [5.41, 5.74) is 1.94. The molecule has 1 N–H and O–H groups in total. The molecule has 1 unspecified atom stereocenters. The van der Waals surface area contributed by atoms with Crippen molar-refractivity contribution >= 4 is 11.8 Å². The standard InChI is InChI=1S/C13H17N3O2/c1-9-4-3-5-14-11(9)8-16-10(2)6-12(17)15-7-13(16)18/h3-5,10H,6-8H2,1-2H3,(H,15,17). The van der Waals surface area contributed by atoms with Crippen molar-refractivity contribution in [1.29, 1.82) is 0 Å². The van der Waals surface area contributed by atoms with Gasteiger partial charge in [0.1, 0.15) is 0 Å². The van der Waals surface area contributed by atoms with E-state index >= 15 is 0 Å². The molecule has 2 heterocycles. The zero-order valence-corrected chi connectivity index (χ0v) is 10.6. The molecular formula is C13H17N3O2. The Morgan fingerprint density at radius 3 is 3.00 bits per heavy atom. The van der Waals surface area contributed by atoms with Crippen LogP contribution in [0.5, 0.6) is 0 Å². The van der Waals surface area contributed by atoms with E-state index in [1.165, 1.54) is 0 Å². The molecule has 1 fully saturated rings. The van der Waals surface area contributed by atoms with E-state index in [9.17, 15) is 9.59 Å². The molecule has 0 spiro atoms. The third-order valence-corrected chi connectivity index (χ3v) is 3.21. The van der Waals surface area contributed by atoms with Crippen LogP contribution in [0.4, 0.5) is 0 Å². The van der Waals surface area contributed by atoms with E-state index in [4.69, 9.17) is 0 Å². The number of aryl methyl sites for hydroxylation is 1. The van der Waals surface area contributed by atoms with Crippen molar-refractivity contribution in [2.75, 3.05) is 6.54 Å². The van der Waals surface area contributed by atoms with Crippen molar-refractivity contribution in [2.24, 2.45) is 0 Å². The number of pyridine rings is 1. The summed E-state index contributed by atoms with van der Waals surface area (Å²) in [7, 11) is 0. The Bertz CT molecular complexity index is 473. The number of aromatic nitrogens is 1. The summed E-state index contributed by atoms with van der Waals surface area (Å²) >= 11 is 0. The van der Waals surface area contributed by atoms with Gasteiger partial charge < -0.3 is 10.2 Å². The molecule has 1 atom stereocenters. The highest BCUT2D eigenvalue weighted by molar-refractivity contribution is 5.87. The van der Waals surface area contributed by atoms with Gasteiger partial charge in [0.25, 0.3) is 0 Å². The summed E-state index contributed by atoms with van der Waals surface area (Å²) in [5, 5.41) is 2.60. The van der Waals surface area contributed by atoms with Gasteiger partial charge in [-0.05, 0) is 25.5 Å². The topological polar surface area (TPSA) is 62.3 Å². The zero-order valence-electron chi connectivity index (χ0n) is 10.6. The van der Waals surface area contributed by atoms with Crippen molar-refractivity contribution in [3.8, 4) is 0 Å². The number of carbonyl (C=O) groups excluding carboxylic acids is 2. The molecule has 5 heteroatoms. The molecule has 2 amide bonds. The average molecular weight is 247 g/mol. The van der Waals surface area contributed by atoms with Crippen LogP contribution >= 0.6 is 0 Å². The Balaban J connectivity index is 2.18. The molecule has 0 aliphatic carbocycles. The maximum Gasteiger partial charge on any atom is 0.242 e. The fourth-order valence-corrected chi connectivity index (χ4v) is 2.06. The average Bonchev–Trinajstić information content (AvgIpc) is 2.45. The van der Waals surface area contributed by atoms with Gasteiger partial charge >= 0.3 is 0 Å². The molecule has 1 aromatic rings. The molecule has 96 valence electrons. The Labute approximate surface area is 106 Å². The van der Waals surface area contributed by atoms with Gasteiger partial charge in [0.2, 0.25) is 11.8 Å². The second-order valence-electron chi connectivity index (χ2n) is 4.62. The molecule has 1 aromatic heterocycles. The summed E-state index contributed by atoms with van der Waals surface area (Å²) in [4.78, 5) is 29.4. The maximum atomic E-state index is 12.0. The summed E-state index contributed by atoms with van der Waals surface area (Å²) in [6.07, 6.45) is 2.07. The number of hydrogen-bond acceptors (Lipinski definition) is 3. The van der Waals surface area contributed by atoms with Gasteiger partial charge in [0.15, 0.2) is 0 Å². The molecule has 18 heavy (non-hydrogen) atoms. The molecule has 1 aliphatic heterocycles. The van der Waals surface area contributed by atoms with Crippen LogP contribution in [0.2, 0.25) is 0 Å². The Morgan fingerprint density at radius 2 is 2.28 bits per heavy atom. The van der Waals surface area contributed by atoms with Gasteiger partial charge in [-0.25, -0.2) is 0 Å². The van der Waals surface area contributed by atoms with Crippen LogP contribution in [0, 0.1) is 6.92 Å². The van der Waals surface area contributed by atoms with E-state index in [1.54, 1.807) is 11.1 Å². The van der Waals surface area contributed by atoms with Crippen molar-refractivity contribution < 1.29 is 9.59 Å². The second-order valence-corrected chi connectivity index (χ2v) is 4.62. The molecule has 1 saturated heterocycles. The van der Waals surface area contributed by atoms with Crippen LogP contribution < -0.4 is 5.32 Å². The largest absolute Gasteiger partial charge is 0.347 e. The SMILES string of the molecule is Cc1cccnc1CN1C(=O)CNC(=O)CC1C. The fraction of sp³-hybridized carbons (Fsp3) is 0.462. The second kappa shape index (κ2) is 5.16. The monoisotopic (exact) mass is 247 g/mol. The fourth-order valence-electron chi connectivity index (χ4n) is 2.06. The van der Waals surface area contributed by atoms with E-state index in [0.29, 0.717) is 13.0 Å². The lowest BCUT2D eigenvalue weighted by Crippen LogP contribution is -2.39. The first-order valence-corrected chi connectivity index (χ1v) is 6.04. The highest BCUT2D eigenvalue weighted by atomic mass is 16.2. The quantitative estimate of drug-likeness (QED) is 0.833. The number of nitrogens with one attached hydrogen (secondary N) is 1. The molecule has 0 saturated carbocycles. The molecule has 0 aromatic carbocycles. The Kier molecular flexibility index (Phi) is 3.60. The van der Waals surface area contributed by atoms with Crippen LogP contribution in [0.3, 0.4) is 0 Å². The maximum absolute atomic E-state index is 12.0. The molecule has 2 rings (SSSR count). The van der Waals surface area contributed by atoms with Gasteiger partial charge in [-0.2, -0.15) is 0 Å². The lowest BCUT2D eigenvalue weighted by atomic mass is 10.1.